The topological polar surface area (TPSA) is 66.8 Å². The van der Waals surface area contributed by atoms with Crippen LogP contribution in [0.3, 0.4) is 0 Å². The zero-order valence-corrected chi connectivity index (χ0v) is 11.8. The normalized spacial score (nSPS) is 32.7. The number of hydrogen-bond acceptors (Lipinski definition) is 3. The molecule has 2 heterocycles. The van der Waals surface area contributed by atoms with Gasteiger partial charge in [-0.1, -0.05) is 12.8 Å². The maximum atomic E-state index is 12.4. The van der Waals surface area contributed by atoms with Gasteiger partial charge in [0.05, 0.1) is 0 Å². The van der Waals surface area contributed by atoms with Gasteiger partial charge in [-0.05, 0) is 43.9 Å². The van der Waals surface area contributed by atoms with Gasteiger partial charge in [0, 0.05) is 13.1 Å². The zero-order valence-electron chi connectivity index (χ0n) is 11.8. The van der Waals surface area contributed by atoms with Gasteiger partial charge in [0.1, 0.15) is 6.10 Å². The fourth-order valence-corrected chi connectivity index (χ4v) is 4.03. The van der Waals surface area contributed by atoms with E-state index in [1.165, 1.54) is 25.7 Å². The van der Waals surface area contributed by atoms with E-state index in [-0.39, 0.29) is 5.91 Å². The molecule has 20 heavy (non-hydrogen) atoms. The lowest BCUT2D eigenvalue weighted by atomic mass is 9.77. The van der Waals surface area contributed by atoms with Crippen LogP contribution in [0.2, 0.25) is 0 Å². The average Bonchev–Trinajstić information content (AvgIpc) is 3.08. The molecule has 0 aromatic rings. The maximum absolute atomic E-state index is 12.4. The highest BCUT2D eigenvalue weighted by atomic mass is 16.5. The Bertz CT molecular complexity index is 393. The van der Waals surface area contributed by atoms with Gasteiger partial charge in [-0.2, -0.15) is 0 Å². The number of carbonyl (C=O) groups excluding carboxylic acids is 1. The van der Waals surface area contributed by atoms with Crippen molar-refractivity contribution in [3.05, 3.63) is 0 Å². The van der Waals surface area contributed by atoms with Crippen molar-refractivity contribution in [2.75, 3.05) is 13.1 Å². The smallest absolute Gasteiger partial charge is 0.332 e. The summed E-state index contributed by atoms with van der Waals surface area (Å²) >= 11 is 0. The minimum absolute atomic E-state index is 0.00148. The summed E-state index contributed by atoms with van der Waals surface area (Å²) in [6.07, 6.45) is 7.16. The number of carboxylic acid groups (broad SMARTS) is 1. The Kier molecular flexibility index (Phi) is 3.71. The van der Waals surface area contributed by atoms with Gasteiger partial charge in [0.2, 0.25) is 0 Å². The van der Waals surface area contributed by atoms with Gasteiger partial charge >= 0.3 is 5.97 Å². The van der Waals surface area contributed by atoms with E-state index in [2.05, 4.69) is 0 Å². The maximum Gasteiger partial charge on any atom is 0.332 e. The molecule has 0 bridgehead atoms. The third-order valence-electron chi connectivity index (χ3n) is 5.37. The van der Waals surface area contributed by atoms with Crippen molar-refractivity contribution in [1.82, 2.24) is 4.90 Å². The molecular formula is C15H23NO4. The molecule has 5 heteroatoms. The van der Waals surface area contributed by atoms with Gasteiger partial charge in [0.25, 0.3) is 5.91 Å². The van der Waals surface area contributed by atoms with Crippen molar-refractivity contribution < 1.29 is 19.4 Å². The van der Waals surface area contributed by atoms with Crippen LogP contribution in [0, 0.1) is 5.41 Å². The summed E-state index contributed by atoms with van der Waals surface area (Å²) in [4.78, 5) is 25.1. The van der Waals surface area contributed by atoms with E-state index in [4.69, 9.17) is 9.84 Å². The standard InChI is InChI=1S/C15H23NO4/c17-13(11-3-4-12(20-11)14(18)19)16-9-7-15(8-10-16)5-1-2-6-15/h11-12H,1-10H2,(H,18,19)/t11-,12+/m0/s1. The summed E-state index contributed by atoms with van der Waals surface area (Å²) in [7, 11) is 0. The molecule has 0 radical (unpaired) electrons. The Morgan fingerprint density at radius 1 is 1.00 bits per heavy atom. The summed E-state index contributed by atoms with van der Waals surface area (Å²) in [5, 5.41) is 8.91. The van der Waals surface area contributed by atoms with Crippen LogP contribution in [0.1, 0.15) is 51.4 Å². The third kappa shape index (κ3) is 2.55. The molecule has 1 saturated carbocycles. The fourth-order valence-electron chi connectivity index (χ4n) is 4.03. The molecule has 3 rings (SSSR count). The monoisotopic (exact) mass is 281 g/mol. The van der Waals surface area contributed by atoms with Crippen molar-refractivity contribution in [2.45, 2.75) is 63.6 Å². The minimum atomic E-state index is -0.955. The van der Waals surface area contributed by atoms with Gasteiger partial charge in [-0.3, -0.25) is 4.79 Å². The molecule has 2 aliphatic heterocycles. The van der Waals surface area contributed by atoms with Crippen LogP contribution in [-0.2, 0) is 14.3 Å². The Morgan fingerprint density at radius 3 is 2.15 bits per heavy atom. The first-order valence-electron chi connectivity index (χ1n) is 7.77. The van der Waals surface area contributed by atoms with Crippen LogP contribution in [-0.4, -0.2) is 47.2 Å². The number of ether oxygens (including phenoxy) is 1. The second-order valence-electron chi connectivity index (χ2n) is 6.56. The first-order chi connectivity index (χ1) is 9.60. The molecule has 0 unspecified atom stereocenters. The van der Waals surface area contributed by atoms with Crippen molar-refractivity contribution >= 4 is 11.9 Å². The highest BCUT2D eigenvalue weighted by Crippen LogP contribution is 2.46. The van der Waals surface area contributed by atoms with Gasteiger partial charge in [-0.25, -0.2) is 4.79 Å². The first kappa shape index (κ1) is 13.9. The van der Waals surface area contributed by atoms with Crippen LogP contribution in [0.25, 0.3) is 0 Å². The van der Waals surface area contributed by atoms with Crippen molar-refractivity contribution in [3.8, 4) is 0 Å². The van der Waals surface area contributed by atoms with E-state index in [1.807, 2.05) is 4.90 Å². The lowest BCUT2D eigenvalue weighted by Gasteiger charge is -2.40. The molecule has 2 atom stereocenters. The minimum Gasteiger partial charge on any atom is -0.479 e. The van der Waals surface area contributed by atoms with Crippen LogP contribution in [0.15, 0.2) is 0 Å². The van der Waals surface area contributed by atoms with Crippen molar-refractivity contribution in [1.29, 1.82) is 0 Å². The average molecular weight is 281 g/mol. The molecular weight excluding hydrogens is 258 g/mol. The summed E-state index contributed by atoms with van der Waals surface area (Å²) in [5.74, 6) is -0.953. The molecule has 3 fully saturated rings. The van der Waals surface area contributed by atoms with Crippen LogP contribution >= 0.6 is 0 Å². The van der Waals surface area contributed by atoms with E-state index < -0.39 is 18.2 Å². The molecule has 3 aliphatic rings. The van der Waals surface area contributed by atoms with Gasteiger partial charge in [-0.15, -0.1) is 0 Å². The van der Waals surface area contributed by atoms with Crippen molar-refractivity contribution in [2.24, 2.45) is 5.41 Å². The van der Waals surface area contributed by atoms with Crippen molar-refractivity contribution in [3.63, 3.8) is 0 Å². The summed E-state index contributed by atoms with van der Waals surface area (Å²) < 4.78 is 5.36. The Hall–Kier alpha value is -1.10. The molecule has 0 aromatic carbocycles. The molecule has 1 aliphatic carbocycles. The Labute approximate surface area is 119 Å². The summed E-state index contributed by atoms with van der Waals surface area (Å²) in [5.41, 5.74) is 0.497. The lowest BCUT2D eigenvalue weighted by Crippen LogP contribution is -2.46. The zero-order chi connectivity index (χ0) is 14.2. The Balaban J connectivity index is 1.53. The number of carboxylic acids is 1. The molecule has 2 saturated heterocycles. The second kappa shape index (κ2) is 5.35. The second-order valence-corrected chi connectivity index (χ2v) is 6.56. The summed E-state index contributed by atoms with van der Waals surface area (Å²) in [6.45, 7) is 1.63. The molecule has 1 amide bonds. The van der Waals surface area contributed by atoms with E-state index in [1.54, 1.807) is 0 Å². The molecule has 1 spiro atoms. The van der Waals surface area contributed by atoms with Gasteiger partial charge in [0.15, 0.2) is 6.10 Å². The summed E-state index contributed by atoms with van der Waals surface area (Å²) in [6, 6.07) is 0. The number of hydrogen-bond donors (Lipinski definition) is 1. The molecule has 0 aromatic heterocycles. The van der Waals surface area contributed by atoms with E-state index in [0.717, 1.165) is 25.9 Å². The molecule has 112 valence electrons. The lowest BCUT2D eigenvalue weighted by molar-refractivity contribution is -0.155. The predicted molar refractivity (Wildman–Crippen MR) is 72.2 cm³/mol. The highest BCUT2D eigenvalue weighted by molar-refractivity contribution is 5.82. The highest BCUT2D eigenvalue weighted by Gasteiger charge is 2.41. The van der Waals surface area contributed by atoms with E-state index in [0.29, 0.717) is 18.3 Å². The van der Waals surface area contributed by atoms with Gasteiger partial charge < -0.3 is 14.7 Å². The number of amides is 1. The first-order valence-corrected chi connectivity index (χ1v) is 7.77. The Morgan fingerprint density at radius 2 is 1.60 bits per heavy atom. The number of likely N-dealkylation sites (tertiary alicyclic amines) is 1. The molecule has 1 N–H and O–H groups in total. The van der Waals surface area contributed by atoms with Crippen LogP contribution in [0.5, 0.6) is 0 Å². The number of nitrogens with zero attached hydrogens (tertiary/aromatic N) is 1. The number of aliphatic carboxylic acids is 1. The van der Waals surface area contributed by atoms with Crippen LogP contribution in [0.4, 0.5) is 0 Å². The number of carbonyl (C=O) groups is 2. The quantitative estimate of drug-likeness (QED) is 0.838. The molecule has 5 nitrogen and oxygen atoms in total. The fraction of sp³-hybridized carbons (Fsp3) is 0.867. The largest absolute Gasteiger partial charge is 0.479 e. The predicted octanol–water partition coefficient (Wildman–Crippen LogP) is 1.80. The van der Waals surface area contributed by atoms with E-state index in [9.17, 15) is 9.59 Å². The van der Waals surface area contributed by atoms with E-state index >= 15 is 0 Å². The SMILES string of the molecule is O=C(O)[C@H]1CC[C@@H](C(=O)N2CCC3(CCCC3)CC2)O1. The number of rotatable bonds is 2. The van der Waals surface area contributed by atoms with Crippen LogP contribution < -0.4 is 0 Å². The number of piperidine rings is 1. The third-order valence-corrected chi connectivity index (χ3v) is 5.37.